The summed E-state index contributed by atoms with van der Waals surface area (Å²) in [4.78, 5) is 8.44. The summed E-state index contributed by atoms with van der Waals surface area (Å²) in [6, 6.07) is 0. The number of nitrogens with one attached hydrogen (secondary N) is 2. The number of fused-ring (bicyclic) bond motifs is 1. The fourth-order valence-electron chi connectivity index (χ4n) is 1.91. The number of anilines is 1. The molecule has 0 aromatic carbocycles. The van der Waals surface area contributed by atoms with E-state index < -0.39 is 0 Å². The van der Waals surface area contributed by atoms with Crippen LogP contribution in [0.2, 0.25) is 0 Å². The molecule has 0 saturated carbocycles. The van der Waals surface area contributed by atoms with E-state index in [1.54, 1.807) is 6.33 Å². The quantitative estimate of drug-likeness (QED) is 0.839. The van der Waals surface area contributed by atoms with Gasteiger partial charge in [-0.05, 0) is 6.92 Å². The summed E-state index contributed by atoms with van der Waals surface area (Å²) in [6.07, 6.45) is 9.98. The molecule has 3 rings (SSSR count). The summed E-state index contributed by atoms with van der Waals surface area (Å²) in [5.41, 5.74) is 2.64. The molecule has 0 atom stereocenters. The summed E-state index contributed by atoms with van der Waals surface area (Å²) in [6.45, 7) is 2.78. The van der Waals surface area contributed by atoms with Gasteiger partial charge in [0, 0.05) is 12.5 Å². The molecule has 0 amide bonds. The predicted molar refractivity (Wildman–Crippen MR) is 66.7 cm³/mol. The summed E-state index contributed by atoms with van der Waals surface area (Å²) >= 11 is 0. The third-order valence-electron chi connectivity index (χ3n) is 2.85. The van der Waals surface area contributed by atoms with Crippen molar-refractivity contribution < 1.29 is 0 Å². The highest BCUT2D eigenvalue weighted by Gasteiger charge is 2.10. The summed E-state index contributed by atoms with van der Waals surface area (Å²) < 4.78 is 0. The van der Waals surface area contributed by atoms with Crippen LogP contribution < -0.4 is 5.32 Å². The number of H-pyrrole nitrogens is 1. The molecule has 86 valence electrons. The molecule has 5 heteroatoms. The Labute approximate surface area is 98.7 Å². The van der Waals surface area contributed by atoms with E-state index in [0.717, 1.165) is 29.1 Å². The van der Waals surface area contributed by atoms with E-state index in [0.29, 0.717) is 5.92 Å². The number of allylic oxidation sites excluding steroid dienone is 2. The van der Waals surface area contributed by atoms with Crippen LogP contribution in [-0.4, -0.2) is 26.7 Å². The highest BCUT2D eigenvalue weighted by Crippen LogP contribution is 2.19. The minimum atomic E-state index is 0.431. The summed E-state index contributed by atoms with van der Waals surface area (Å²) in [5, 5.41) is 10.4. The van der Waals surface area contributed by atoms with Crippen molar-refractivity contribution in [2.45, 2.75) is 6.92 Å². The Bertz CT molecular complexity index is 584. The molecule has 0 radical (unpaired) electrons. The third-order valence-corrected chi connectivity index (χ3v) is 2.85. The van der Waals surface area contributed by atoms with Crippen LogP contribution in [0.4, 0.5) is 5.82 Å². The number of hydrogen-bond acceptors (Lipinski definition) is 4. The van der Waals surface area contributed by atoms with Crippen molar-refractivity contribution in [1.29, 1.82) is 0 Å². The average molecular weight is 227 g/mol. The lowest BCUT2D eigenvalue weighted by molar-refractivity contribution is 0.865. The van der Waals surface area contributed by atoms with Crippen molar-refractivity contribution in [2.75, 3.05) is 11.9 Å². The van der Waals surface area contributed by atoms with Crippen molar-refractivity contribution in [3.05, 3.63) is 36.3 Å². The number of nitrogens with zero attached hydrogens (tertiary/aromatic N) is 3. The number of aromatic nitrogens is 4. The van der Waals surface area contributed by atoms with Crippen molar-refractivity contribution >= 4 is 16.9 Å². The highest BCUT2D eigenvalue weighted by molar-refractivity contribution is 5.86. The normalized spacial score (nSPS) is 14.9. The van der Waals surface area contributed by atoms with Crippen LogP contribution in [0.25, 0.3) is 11.0 Å². The van der Waals surface area contributed by atoms with E-state index >= 15 is 0 Å². The van der Waals surface area contributed by atoms with Crippen LogP contribution in [0, 0.1) is 12.8 Å². The van der Waals surface area contributed by atoms with Gasteiger partial charge in [-0.3, -0.25) is 5.10 Å². The van der Waals surface area contributed by atoms with Gasteiger partial charge < -0.3 is 5.32 Å². The van der Waals surface area contributed by atoms with Crippen LogP contribution in [0.15, 0.2) is 30.6 Å². The zero-order valence-electron chi connectivity index (χ0n) is 9.51. The Hall–Kier alpha value is -2.17. The lowest BCUT2D eigenvalue weighted by atomic mass is 10.2. The molecule has 2 heterocycles. The van der Waals surface area contributed by atoms with Crippen molar-refractivity contribution in [3.8, 4) is 0 Å². The number of aromatic amines is 1. The second-order valence-corrected chi connectivity index (χ2v) is 4.08. The SMILES string of the molecule is Cc1[nH]nc2c(NCC3C=CC=C3)ncnc12. The van der Waals surface area contributed by atoms with Gasteiger partial charge in [-0.2, -0.15) is 5.10 Å². The number of aryl methyl sites for hydroxylation is 1. The van der Waals surface area contributed by atoms with Gasteiger partial charge in [0.2, 0.25) is 0 Å². The maximum atomic E-state index is 4.23. The van der Waals surface area contributed by atoms with Crippen molar-refractivity contribution in [1.82, 2.24) is 20.2 Å². The lowest BCUT2D eigenvalue weighted by Gasteiger charge is -2.08. The van der Waals surface area contributed by atoms with Gasteiger partial charge in [-0.15, -0.1) is 0 Å². The van der Waals surface area contributed by atoms with Crippen LogP contribution in [0.5, 0.6) is 0 Å². The Kier molecular flexibility index (Phi) is 2.36. The molecule has 0 spiro atoms. The smallest absolute Gasteiger partial charge is 0.157 e. The second-order valence-electron chi connectivity index (χ2n) is 4.08. The van der Waals surface area contributed by atoms with E-state index in [4.69, 9.17) is 0 Å². The highest BCUT2D eigenvalue weighted by atomic mass is 15.2. The summed E-state index contributed by atoms with van der Waals surface area (Å²) in [5.74, 6) is 1.22. The van der Waals surface area contributed by atoms with Crippen LogP contribution in [0.1, 0.15) is 5.69 Å². The van der Waals surface area contributed by atoms with E-state index in [-0.39, 0.29) is 0 Å². The van der Waals surface area contributed by atoms with E-state index in [2.05, 4.69) is 49.8 Å². The second kappa shape index (κ2) is 4.01. The van der Waals surface area contributed by atoms with Crippen molar-refractivity contribution in [3.63, 3.8) is 0 Å². The standard InChI is InChI=1S/C12H13N5/c1-8-10-11(17-16-8)12(15-7-14-10)13-6-9-4-2-3-5-9/h2-5,7,9H,6H2,1H3,(H,16,17)(H,13,14,15). The van der Waals surface area contributed by atoms with Gasteiger partial charge in [0.1, 0.15) is 11.8 Å². The fourth-order valence-corrected chi connectivity index (χ4v) is 1.91. The zero-order valence-corrected chi connectivity index (χ0v) is 9.51. The molecule has 1 aliphatic carbocycles. The Morgan fingerprint density at radius 2 is 2.06 bits per heavy atom. The first-order valence-corrected chi connectivity index (χ1v) is 5.59. The minimum Gasteiger partial charge on any atom is -0.367 e. The Balaban J connectivity index is 1.84. The summed E-state index contributed by atoms with van der Waals surface area (Å²) in [7, 11) is 0. The van der Waals surface area contributed by atoms with E-state index in [1.807, 2.05) is 6.92 Å². The average Bonchev–Trinajstić information content (AvgIpc) is 2.97. The van der Waals surface area contributed by atoms with Gasteiger partial charge in [-0.1, -0.05) is 24.3 Å². The van der Waals surface area contributed by atoms with Gasteiger partial charge >= 0.3 is 0 Å². The Morgan fingerprint density at radius 1 is 1.24 bits per heavy atom. The van der Waals surface area contributed by atoms with Gasteiger partial charge in [0.15, 0.2) is 11.3 Å². The van der Waals surface area contributed by atoms with Crippen LogP contribution in [-0.2, 0) is 0 Å². The van der Waals surface area contributed by atoms with Crippen LogP contribution >= 0.6 is 0 Å². The first kappa shape index (κ1) is 10.0. The largest absolute Gasteiger partial charge is 0.367 e. The Morgan fingerprint density at radius 3 is 2.88 bits per heavy atom. The van der Waals surface area contributed by atoms with E-state index in [9.17, 15) is 0 Å². The molecule has 2 aromatic heterocycles. The molecule has 17 heavy (non-hydrogen) atoms. The first-order chi connectivity index (χ1) is 8.34. The first-order valence-electron chi connectivity index (χ1n) is 5.59. The van der Waals surface area contributed by atoms with Gasteiger partial charge in [0.25, 0.3) is 0 Å². The molecular weight excluding hydrogens is 214 g/mol. The lowest BCUT2D eigenvalue weighted by Crippen LogP contribution is -2.10. The number of hydrogen-bond donors (Lipinski definition) is 2. The monoisotopic (exact) mass is 227 g/mol. The molecule has 5 nitrogen and oxygen atoms in total. The van der Waals surface area contributed by atoms with E-state index in [1.165, 1.54) is 0 Å². The molecule has 2 aromatic rings. The molecule has 0 unspecified atom stereocenters. The molecular formula is C12H13N5. The molecule has 0 aliphatic heterocycles. The predicted octanol–water partition coefficient (Wildman–Crippen LogP) is 1.82. The number of rotatable bonds is 3. The van der Waals surface area contributed by atoms with Gasteiger partial charge in [0.05, 0.1) is 5.69 Å². The molecule has 2 N–H and O–H groups in total. The third kappa shape index (κ3) is 1.80. The maximum Gasteiger partial charge on any atom is 0.157 e. The molecule has 0 saturated heterocycles. The fraction of sp³-hybridized carbons (Fsp3) is 0.250. The maximum absolute atomic E-state index is 4.23. The molecule has 0 fully saturated rings. The minimum absolute atomic E-state index is 0.431. The topological polar surface area (TPSA) is 66.5 Å². The van der Waals surface area contributed by atoms with Crippen molar-refractivity contribution in [2.24, 2.45) is 5.92 Å². The zero-order chi connectivity index (χ0) is 11.7. The molecule has 1 aliphatic rings. The molecule has 0 bridgehead atoms. The van der Waals surface area contributed by atoms with Gasteiger partial charge in [-0.25, -0.2) is 9.97 Å². The van der Waals surface area contributed by atoms with Crippen LogP contribution in [0.3, 0.4) is 0 Å².